The fourth-order valence-corrected chi connectivity index (χ4v) is 2.96. The molecule has 0 radical (unpaired) electrons. The van der Waals surface area contributed by atoms with Crippen molar-refractivity contribution in [3.8, 4) is 0 Å². The Morgan fingerprint density at radius 3 is 2.20 bits per heavy atom. The third-order valence-electron chi connectivity index (χ3n) is 4.18. The summed E-state index contributed by atoms with van der Waals surface area (Å²) in [5.41, 5.74) is 3.93. The lowest BCUT2D eigenvalue weighted by molar-refractivity contribution is -0.134. The zero-order valence-electron chi connectivity index (χ0n) is 11.9. The van der Waals surface area contributed by atoms with Gasteiger partial charge < -0.3 is 15.7 Å². The van der Waals surface area contributed by atoms with E-state index in [2.05, 4.69) is 9.80 Å². The van der Waals surface area contributed by atoms with Gasteiger partial charge in [0.1, 0.15) is 0 Å². The van der Waals surface area contributed by atoms with E-state index in [4.69, 9.17) is 5.73 Å². The van der Waals surface area contributed by atoms with Gasteiger partial charge in [-0.15, -0.1) is 24.8 Å². The first kappa shape index (κ1) is 19.9. The summed E-state index contributed by atoms with van der Waals surface area (Å²) < 4.78 is 0. The number of carbonyl (C=O) groups is 1. The molecule has 120 valence electrons. The Morgan fingerprint density at radius 2 is 1.65 bits per heavy atom. The zero-order valence-corrected chi connectivity index (χ0v) is 13.6. The van der Waals surface area contributed by atoms with Gasteiger partial charge in [-0.3, -0.25) is 9.69 Å². The minimum Gasteiger partial charge on any atom is -0.379 e. The molecule has 2 fully saturated rings. The maximum atomic E-state index is 11.1. The van der Waals surface area contributed by atoms with Crippen LogP contribution < -0.4 is 5.73 Å². The smallest absolute Gasteiger partial charge is 0.250 e. The van der Waals surface area contributed by atoms with Crippen molar-refractivity contribution >= 4 is 30.7 Å². The molecule has 20 heavy (non-hydrogen) atoms. The standard InChI is InChI=1S/C13H25N3O2.2ClH/c14-12(17)13(18)5-10-16(11-13)9-4-8-15-6-2-1-3-7-15;;/h18H,1-11H2,(H2,14,17);2*1H. The molecular weight excluding hydrogens is 301 g/mol. The van der Waals surface area contributed by atoms with Crippen LogP contribution in [0.3, 0.4) is 0 Å². The third-order valence-corrected chi connectivity index (χ3v) is 4.18. The van der Waals surface area contributed by atoms with Gasteiger partial charge in [-0.2, -0.15) is 0 Å². The van der Waals surface area contributed by atoms with Gasteiger partial charge in [-0.1, -0.05) is 6.42 Å². The zero-order chi connectivity index (χ0) is 13.0. The minimum absolute atomic E-state index is 0. The number of nitrogens with zero attached hydrogens (tertiary/aromatic N) is 2. The van der Waals surface area contributed by atoms with E-state index >= 15 is 0 Å². The second kappa shape index (κ2) is 9.05. The lowest BCUT2D eigenvalue weighted by atomic mass is 10.0. The van der Waals surface area contributed by atoms with Gasteiger partial charge in [0.2, 0.25) is 0 Å². The molecule has 2 heterocycles. The van der Waals surface area contributed by atoms with Gasteiger partial charge in [0, 0.05) is 13.1 Å². The van der Waals surface area contributed by atoms with Gasteiger partial charge in [-0.05, 0) is 51.9 Å². The average Bonchev–Trinajstić information content (AvgIpc) is 2.74. The van der Waals surface area contributed by atoms with Crippen LogP contribution in [-0.2, 0) is 4.79 Å². The summed E-state index contributed by atoms with van der Waals surface area (Å²) in [4.78, 5) is 15.8. The number of primary amides is 1. The van der Waals surface area contributed by atoms with E-state index in [1.54, 1.807) is 0 Å². The normalized spacial score (nSPS) is 27.6. The highest BCUT2D eigenvalue weighted by molar-refractivity contribution is 5.85. The van der Waals surface area contributed by atoms with E-state index < -0.39 is 11.5 Å². The molecule has 5 nitrogen and oxygen atoms in total. The molecule has 0 spiro atoms. The van der Waals surface area contributed by atoms with E-state index in [1.807, 2.05) is 0 Å². The number of rotatable bonds is 5. The lowest BCUT2D eigenvalue weighted by Gasteiger charge is -2.27. The van der Waals surface area contributed by atoms with Crippen molar-refractivity contribution in [3.63, 3.8) is 0 Å². The fraction of sp³-hybridized carbons (Fsp3) is 0.923. The number of halogens is 2. The quantitative estimate of drug-likeness (QED) is 0.777. The van der Waals surface area contributed by atoms with Crippen LogP contribution >= 0.6 is 24.8 Å². The molecule has 1 unspecified atom stereocenters. The summed E-state index contributed by atoms with van der Waals surface area (Å²) in [5, 5.41) is 9.96. The van der Waals surface area contributed by atoms with Gasteiger partial charge in [-0.25, -0.2) is 0 Å². The van der Waals surface area contributed by atoms with E-state index in [1.165, 1.54) is 32.4 Å². The van der Waals surface area contributed by atoms with Crippen LogP contribution in [0.5, 0.6) is 0 Å². The van der Waals surface area contributed by atoms with Gasteiger partial charge in [0.15, 0.2) is 5.60 Å². The molecule has 2 rings (SSSR count). The second-order valence-corrected chi connectivity index (χ2v) is 5.68. The number of carbonyl (C=O) groups excluding carboxylic acids is 1. The molecule has 7 heteroatoms. The first-order chi connectivity index (χ1) is 8.60. The number of hydrogen-bond acceptors (Lipinski definition) is 4. The molecule has 0 aromatic rings. The Morgan fingerprint density at radius 1 is 1.05 bits per heavy atom. The summed E-state index contributed by atoms with van der Waals surface area (Å²) in [6.45, 7) is 5.72. The van der Waals surface area contributed by atoms with Crippen molar-refractivity contribution in [2.24, 2.45) is 5.73 Å². The summed E-state index contributed by atoms with van der Waals surface area (Å²) in [5.74, 6) is -0.582. The predicted molar refractivity (Wildman–Crippen MR) is 84.6 cm³/mol. The summed E-state index contributed by atoms with van der Waals surface area (Å²) in [6, 6.07) is 0. The first-order valence-electron chi connectivity index (χ1n) is 7.07. The van der Waals surface area contributed by atoms with Crippen LogP contribution in [0.25, 0.3) is 0 Å². The highest BCUT2D eigenvalue weighted by atomic mass is 35.5. The summed E-state index contributed by atoms with van der Waals surface area (Å²) in [6.07, 6.45) is 5.60. The number of amides is 1. The van der Waals surface area contributed by atoms with Crippen molar-refractivity contribution in [2.75, 3.05) is 39.3 Å². The molecule has 2 aliphatic rings. The summed E-state index contributed by atoms with van der Waals surface area (Å²) in [7, 11) is 0. The van der Waals surface area contributed by atoms with Crippen LogP contribution in [0.4, 0.5) is 0 Å². The Hall–Kier alpha value is -0.0700. The van der Waals surface area contributed by atoms with Crippen molar-refractivity contribution in [1.82, 2.24) is 9.80 Å². The predicted octanol–water partition coefficient (Wildman–Crippen LogP) is 0.628. The number of aliphatic hydroxyl groups is 1. The molecule has 1 atom stereocenters. The molecule has 0 aromatic carbocycles. The number of nitrogens with two attached hydrogens (primary N) is 1. The van der Waals surface area contributed by atoms with Gasteiger partial charge in [0.25, 0.3) is 5.91 Å². The minimum atomic E-state index is -1.29. The fourth-order valence-electron chi connectivity index (χ4n) is 2.96. The maximum Gasteiger partial charge on any atom is 0.250 e. The molecule has 0 aromatic heterocycles. The number of likely N-dealkylation sites (tertiary alicyclic amines) is 2. The molecule has 0 aliphatic carbocycles. The van der Waals surface area contributed by atoms with Crippen LogP contribution in [-0.4, -0.2) is 65.7 Å². The largest absolute Gasteiger partial charge is 0.379 e. The first-order valence-corrected chi connectivity index (χ1v) is 7.07. The second-order valence-electron chi connectivity index (χ2n) is 5.68. The summed E-state index contributed by atoms with van der Waals surface area (Å²) >= 11 is 0. The van der Waals surface area contributed by atoms with Crippen molar-refractivity contribution in [2.45, 2.75) is 37.7 Å². The molecule has 3 N–H and O–H groups in total. The molecular formula is C13H27Cl2N3O2. The Labute approximate surface area is 133 Å². The monoisotopic (exact) mass is 327 g/mol. The SMILES string of the molecule is Cl.Cl.NC(=O)C1(O)CCN(CCCN2CCCCC2)C1. The Kier molecular flexibility index (Phi) is 9.02. The lowest BCUT2D eigenvalue weighted by Crippen LogP contribution is -2.46. The van der Waals surface area contributed by atoms with Gasteiger partial charge >= 0.3 is 0 Å². The maximum absolute atomic E-state index is 11.1. The number of β-amino-alcohol motifs (C(OH)–C–C–N with tert-alkyl or cyclic N) is 1. The molecule has 0 bridgehead atoms. The Bertz CT molecular complexity index is 301. The average molecular weight is 328 g/mol. The van der Waals surface area contributed by atoms with E-state index in [0.29, 0.717) is 13.0 Å². The van der Waals surface area contributed by atoms with Crippen molar-refractivity contribution in [1.29, 1.82) is 0 Å². The van der Waals surface area contributed by atoms with Crippen molar-refractivity contribution in [3.05, 3.63) is 0 Å². The Balaban J connectivity index is 0.00000180. The van der Waals surface area contributed by atoms with Gasteiger partial charge in [0.05, 0.1) is 0 Å². The van der Waals surface area contributed by atoms with Crippen LogP contribution in [0.15, 0.2) is 0 Å². The molecule has 2 aliphatic heterocycles. The highest BCUT2D eigenvalue weighted by Gasteiger charge is 2.40. The third kappa shape index (κ3) is 5.37. The van der Waals surface area contributed by atoms with E-state index in [-0.39, 0.29) is 24.8 Å². The molecule has 2 saturated heterocycles. The molecule has 0 saturated carbocycles. The van der Waals surface area contributed by atoms with E-state index in [0.717, 1.165) is 26.1 Å². The highest BCUT2D eigenvalue weighted by Crippen LogP contribution is 2.20. The number of piperidine rings is 1. The van der Waals surface area contributed by atoms with E-state index in [9.17, 15) is 9.90 Å². The van der Waals surface area contributed by atoms with Crippen LogP contribution in [0.1, 0.15) is 32.1 Å². The number of hydrogen-bond donors (Lipinski definition) is 2. The topological polar surface area (TPSA) is 69.8 Å². The molecule has 1 amide bonds. The van der Waals surface area contributed by atoms with Crippen molar-refractivity contribution < 1.29 is 9.90 Å². The van der Waals surface area contributed by atoms with Crippen LogP contribution in [0, 0.1) is 0 Å². The van der Waals surface area contributed by atoms with Crippen LogP contribution in [0.2, 0.25) is 0 Å².